The van der Waals surface area contributed by atoms with Gasteiger partial charge in [0.05, 0.1) is 6.61 Å². The highest BCUT2D eigenvalue weighted by Crippen LogP contribution is 2.15. The van der Waals surface area contributed by atoms with E-state index >= 15 is 0 Å². The fraction of sp³-hybridized carbons (Fsp3) is 0.818. The molecule has 1 unspecified atom stereocenters. The summed E-state index contributed by atoms with van der Waals surface area (Å²) < 4.78 is 15.6. The summed E-state index contributed by atoms with van der Waals surface area (Å²) in [5.74, 6) is -0.373. The van der Waals surface area contributed by atoms with Gasteiger partial charge in [-0.05, 0) is 53.1 Å². The number of esters is 1. The van der Waals surface area contributed by atoms with Crippen LogP contribution in [0.1, 0.15) is 78.1 Å². The third kappa shape index (κ3) is 16.8. The molecule has 1 atom stereocenters. The second-order valence-electron chi connectivity index (χ2n) is 7.29. The fourth-order valence-corrected chi connectivity index (χ4v) is 2.76. The number of hydrogen-bond acceptors (Lipinski definition) is 6. The van der Waals surface area contributed by atoms with Gasteiger partial charge in [0.25, 0.3) is 0 Å². The van der Waals surface area contributed by atoms with Gasteiger partial charge in [0, 0.05) is 13.0 Å². The highest BCUT2D eigenvalue weighted by Gasteiger charge is 2.18. The van der Waals surface area contributed by atoms with E-state index in [4.69, 9.17) is 14.2 Å². The Balaban J connectivity index is 4.25. The summed E-state index contributed by atoms with van der Waals surface area (Å²) in [5.41, 5.74) is 0. The van der Waals surface area contributed by atoms with Gasteiger partial charge in [-0.3, -0.25) is 4.79 Å². The molecule has 0 rings (SSSR count). The molecular weight excluding hydrogens is 358 g/mol. The quantitative estimate of drug-likeness (QED) is 0.254. The Morgan fingerprint density at radius 1 is 0.929 bits per heavy atom. The summed E-state index contributed by atoms with van der Waals surface area (Å²) in [7, 11) is 2.02. The van der Waals surface area contributed by atoms with Crippen molar-refractivity contribution in [3.63, 3.8) is 0 Å². The van der Waals surface area contributed by atoms with Crippen LogP contribution in [0.4, 0.5) is 4.79 Å². The van der Waals surface area contributed by atoms with E-state index in [-0.39, 0.29) is 18.5 Å². The zero-order chi connectivity index (χ0) is 21.2. The Hall–Kier alpha value is -1.30. The third-order valence-corrected chi connectivity index (χ3v) is 4.56. The molecule has 0 aromatic rings. The first-order valence-corrected chi connectivity index (χ1v) is 10.8. The van der Waals surface area contributed by atoms with Crippen molar-refractivity contribution in [2.24, 2.45) is 0 Å². The Morgan fingerprint density at radius 3 is 2.25 bits per heavy atom. The van der Waals surface area contributed by atoms with Gasteiger partial charge >= 0.3 is 12.1 Å². The third-order valence-electron chi connectivity index (χ3n) is 4.56. The minimum Gasteiger partial charge on any atom is -0.462 e. The maximum atomic E-state index is 12.0. The number of nitrogens with zero attached hydrogens (tertiary/aromatic N) is 1. The molecule has 0 fully saturated rings. The molecular formula is C22H41NO5. The van der Waals surface area contributed by atoms with Crippen LogP contribution in [0.2, 0.25) is 0 Å². The van der Waals surface area contributed by atoms with Crippen molar-refractivity contribution in [1.82, 2.24) is 4.90 Å². The lowest BCUT2D eigenvalue weighted by Crippen LogP contribution is -2.23. The molecule has 2 radical (unpaired) electrons. The van der Waals surface area contributed by atoms with E-state index in [9.17, 15) is 9.59 Å². The van der Waals surface area contributed by atoms with Crippen LogP contribution in [0.15, 0.2) is 0 Å². The average Bonchev–Trinajstić information content (AvgIpc) is 2.65. The van der Waals surface area contributed by atoms with Gasteiger partial charge in [-0.2, -0.15) is 0 Å². The Bertz CT molecular complexity index is 400. The summed E-state index contributed by atoms with van der Waals surface area (Å²) in [6, 6.07) is 0. The van der Waals surface area contributed by atoms with E-state index < -0.39 is 12.3 Å². The van der Waals surface area contributed by atoms with E-state index in [2.05, 4.69) is 32.6 Å². The lowest BCUT2D eigenvalue weighted by Gasteiger charge is -2.18. The number of unbranched alkanes of at least 4 members (excludes halogenated alkanes) is 5. The van der Waals surface area contributed by atoms with Crippen LogP contribution in [-0.2, 0) is 19.0 Å². The maximum absolute atomic E-state index is 12.0. The van der Waals surface area contributed by atoms with E-state index in [0.717, 1.165) is 38.8 Å². The molecule has 0 saturated carbocycles. The maximum Gasteiger partial charge on any atom is 0.508 e. The van der Waals surface area contributed by atoms with Crippen LogP contribution in [0.25, 0.3) is 0 Å². The summed E-state index contributed by atoms with van der Waals surface area (Å²) >= 11 is 0. The van der Waals surface area contributed by atoms with E-state index in [1.165, 1.54) is 25.7 Å². The smallest absolute Gasteiger partial charge is 0.462 e. The zero-order valence-corrected chi connectivity index (χ0v) is 18.2. The van der Waals surface area contributed by atoms with Crippen LogP contribution >= 0.6 is 0 Å². The predicted octanol–water partition coefficient (Wildman–Crippen LogP) is 4.96. The number of carbonyl (C=O) groups excluding carboxylic acids is 2. The first-order chi connectivity index (χ1) is 13.4. The van der Waals surface area contributed by atoms with Crippen LogP contribution < -0.4 is 0 Å². The van der Waals surface area contributed by atoms with Gasteiger partial charge < -0.3 is 19.1 Å². The second kappa shape index (κ2) is 17.8. The normalized spacial score (nSPS) is 12.2. The molecule has 0 aliphatic rings. The van der Waals surface area contributed by atoms with Crippen molar-refractivity contribution in [3.05, 3.63) is 13.8 Å². The van der Waals surface area contributed by atoms with Crippen LogP contribution in [-0.4, -0.2) is 56.0 Å². The Labute approximate surface area is 172 Å². The Morgan fingerprint density at radius 2 is 1.61 bits per heavy atom. The van der Waals surface area contributed by atoms with Gasteiger partial charge in [0.1, 0.15) is 12.2 Å². The van der Waals surface area contributed by atoms with Gasteiger partial charge in [-0.1, -0.05) is 46.0 Å². The molecule has 0 saturated heterocycles. The second-order valence-corrected chi connectivity index (χ2v) is 7.29. The number of ether oxygens (including phenoxy) is 3. The highest BCUT2D eigenvalue weighted by atomic mass is 16.7. The molecule has 0 heterocycles. The average molecular weight is 400 g/mol. The van der Waals surface area contributed by atoms with Crippen molar-refractivity contribution >= 4 is 12.1 Å². The van der Waals surface area contributed by atoms with Crippen molar-refractivity contribution < 1.29 is 23.8 Å². The highest BCUT2D eigenvalue weighted by molar-refractivity contribution is 5.69. The van der Waals surface area contributed by atoms with Crippen molar-refractivity contribution in [1.29, 1.82) is 0 Å². The number of carbonyl (C=O) groups is 2. The molecule has 0 amide bonds. The van der Waals surface area contributed by atoms with Gasteiger partial charge in [0.2, 0.25) is 0 Å². The molecule has 6 heteroatoms. The molecule has 6 nitrogen and oxygen atoms in total. The summed E-state index contributed by atoms with van der Waals surface area (Å²) in [5, 5.41) is 0. The van der Waals surface area contributed by atoms with Gasteiger partial charge in [-0.25, -0.2) is 4.79 Å². The van der Waals surface area contributed by atoms with Crippen LogP contribution in [0, 0.1) is 13.8 Å². The van der Waals surface area contributed by atoms with Gasteiger partial charge in [0.15, 0.2) is 0 Å². The van der Waals surface area contributed by atoms with E-state index in [1.54, 1.807) is 0 Å². The summed E-state index contributed by atoms with van der Waals surface area (Å²) in [6.07, 6.45) is 7.42. The molecule has 28 heavy (non-hydrogen) atoms. The van der Waals surface area contributed by atoms with Crippen molar-refractivity contribution in [2.75, 3.05) is 26.7 Å². The SMILES string of the molecule is [CH2]C([CH2])OC(=O)CCC(CCCCCCCC)OC(=O)OCCCN(C)CC. The number of rotatable bonds is 17. The minimum atomic E-state index is -0.657. The van der Waals surface area contributed by atoms with E-state index in [0.29, 0.717) is 13.0 Å². The lowest BCUT2D eigenvalue weighted by molar-refractivity contribution is -0.146. The minimum absolute atomic E-state index is 0.177. The van der Waals surface area contributed by atoms with Crippen LogP contribution in [0.3, 0.4) is 0 Å². The van der Waals surface area contributed by atoms with Gasteiger partial charge in [-0.15, -0.1) is 0 Å². The molecule has 0 aliphatic carbocycles. The zero-order valence-electron chi connectivity index (χ0n) is 18.2. The predicted molar refractivity (Wildman–Crippen MR) is 112 cm³/mol. The lowest BCUT2D eigenvalue weighted by atomic mass is 10.0. The van der Waals surface area contributed by atoms with E-state index in [1.807, 2.05) is 7.05 Å². The van der Waals surface area contributed by atoms with Crippen molar-refractivity contribution in [2.45, 2.75) is 90.3 Å². The number of hydrogen-bond donors (Lipinski definition) is 0. The molecule has 0 aromatic heterocycles. The summed E-state index contributed by atoms with van der Waals surface area (Å²) in [6.45, 7) is 13.5. The molecule has 0 N–H and O–H groups in total. The molecule has 0 bridgehead atoms. The Kier molecular flexibility index (Phi) is 16.9. The standard InChI is InChI=1S/C22H41NO5/c1-6-8-9-10-11-12-14-20(15-16-21(24)27-19(3)4)28-22(25)26-18-13-17-23(5)7-2/h19-20H,3-4,6-18H2,1-2,5H3. The summed E-state index contributed by atoms with van der Waals surface area (Å²) in [4.78, 5) is 25.8. The topological polar surface area (TPSA) is 65.1 Å². The molecule has 164 valence electrons. The van der Waals surface area contributed by atoms with Crippen molar-refractivity contribution in [3.8, 4) is 0 Å². The first kappa shape index (κ1) is 26.7. The first-order valence-electron chi connectivity index (χ1n) is 10.8. The molecule has 0 aliphatic heterocycles. The largest absolute Gasteiger partial charge is 0.508 e. The monoisotopic (exact) mass is 399 g/mol. The van der Waals surface area contributed by atoms with Crippen LogP contribution in [0.5, 0.6) is 0 Å². The molecule has 0 aromatic carbocycles. The fourth-order valence-electron chi connectivity index (χ4n) is 2.76. The molecule has 0 spiro atoms.